The Hall–Kier alpha value is -1.02. The molecule has 0 bridgehead atoms. The minimum atomic E-state index is -0.517. The minimum Gasteiger partial charge on any atom is -0.496 e. The summed E-state index contributed by atoms with van der Waals surface area (Å²) < 4.78 is 5.04. The highest BCUT2D eigenvalue weighted by Crippen LogP contribution is 2.20. The average Bonchev–Trinajstić information content (AvgIpc) is 2.16. The van der Waals surface area contributed by atoms with Gasteiger partial charge in [0.05, 0.1) is 18.1 Å². The van der Waals surface area contributed by atoms with Crippen molar-refractivity contribution in [3.63, 3.8) is 0 Å². The lowest BCUT2D eigenvalue weighted by Crippen LogP contribution is -2.11. The third-order valence-corrected chi connectivity index (χ3v) is 1.93. The molecule has 13 heavy (non-hydrogen) atoms. The van der Waals surface area contributed by atoms with Gasteiger partial charge in [-0.05, 0) is 19.1 Å². The van der Waals surface area contributed by atoms with Gasteiger partial charge in [0.25, 0.3) is 0 Å². The Bertz CT molecular complexity index is 308. The van der Waals surface area contributed by atoms with Crippen molar-refractivity contribution in [1.29, 1.82) is 0 Å². The Morgan fingerprint density at radius 2 is 2.08 bits per heavy atom. The lowest BCUT2D eigenvalue weighted by Gasteiger charge is -2.07. The van der Waals surface area contributed by atoms with E-state index < -0.39 is 5.38 Å². The summed E-state index contributed by atoms with van der Waals surface area (Å²) in [5.41, 5.74) is 0.535. The Kier molecular flexibility index (Phi) is 3.32. The van der Waals surface area contributed by atoms with Crippen molar-refractivity contribution in [2.45, 2.75) is 12.3 Å². The Labute approximate surface area is 82.5 Å². The van der Waals surface area contributed by atoms with Gasteiger partial charge in [0.15, 0.2) is 5.78 Å². The van der Waals surface area contributed by atoms with Crippen LogP contribution in [0.1, 0.15) is 17.3 Å². The molecule has 0 aliphatic heterocycles. The topological polar surface area (TPSA) is 26.3 Å². The van der Waals surface area contributed by atoms with Gasteiger partial charge in [-0.25, -0.2) is 0 Å². The van der Waals surface area contributed by atoms with E-state index in [1.165, 1.54) is 7.11 Å². The fourth-order valence-electron chi connectivity index (χ4n) is 1.06. The van der Waals surface area contributed by atoms with Crippen molar-refractivity contribution in [3.8, 4) is 5.75 Å². The van der Waals surface area contributed by atoms with Crippen LogP contribution in [0.5, 0.6) is 5.75 Å². The molecule has 0 radical (unpaired) electrons. The van der Waals surface area contributed by atoms with E-state index in [2.05, 4.69) is 0 Å². The SMILES string of the molecule is COc1ccccc1C(=O)C(C)Cl. The second-order valence-corrected chi connectivity index (χ2v) is 3.34. The van der Waals surface area contributed by atoms with Gasteiger partial charge in [-0.15, -0.1) is 11.6 Å². The van der Waals surface area contributed by atoms with Crippen LogP contribution in [0.3, 0.4) is 0 Å². The molecule has 1 unspecified atom stereocenters. The molecule has 0 fully saturated rings. The molecule has 0 aromatic heterocycles. The summed E-state index contributed by atoms with van der Waals surface area (Å²) in [5.74, 6) is 0.458. The van der Waals surface area contributed by atoms with E-state index in [4.69, 9.17) is 16.3 Å². The quantitative estimate of drug-likeness (QED) is 0.551. The summed E-state index contributed by atoms with van der Waals surface area (Å²) in [6, 6.07) is 7.05. The molecule has 1 aromatic carbocycles. The van der Waals surface area contributed by atoms with Gasteiger partial charge in [0.2, 0.25) is 0 Å². The third-order valence-electron chi connectivity index (χ3n) is 1.73. The maximum absolute atomic E-state index is 11.5. The number of carbonyl (C=O) groups is 1. The van der Waals surface area contributed by atoms with Crippen molar-refractivity contribution < 1.29 is 9.53 Å². The summed E-state index contributed by atoms with van der Waals surface area (Å²) in [7, 11) is 1.53. The molecule has 1 aromatic rings. The second-order valence-electron chi connectivity index (χ2n) is 2.68. The number of carbonyl (C=O) groups excluding carboxylic acids is 1. The number of ether oxygens (including phenoxy) is 1. The molecule has 3 heteroatoms. The van der Waals surface area contributed by atoms with Gasteiger partial charge in [-0.1, -0.05) is 12.1 Å². The molecular weight excluding hydrogens is 188 g/mol. The number of benzene rings is 1. The van der Waals surface area contributed by atoms with E-state index in [0.717, 1.165) is 0 Å². The number of ketones is 1. The van der Waals surface area contributed by atoms with Gasteiger partial charge in [0, 0.05) is 0 Å². The van der Waals surface area contributed by atoms with E-state index in [-0.39, 0.29) is 5.78 Å². The van der Waals surface area contributed by atoms with Crippen LogP contribution < -0.4 is 4.74 Å². The predicted molar refractivity (Wildman–Crippen MR) is 52.6 cm³/mol. The van der Waals surface area contributed by atoms with Crippen LogP contribution in [0.15, 0.2) is 24.3 Å². The molecular formula is C10H11ClO2. The molecule has 1 atom stereocenters. The number of alkyl halides is 1. The van der Waals surface area contributed by atoms with Gasteiger partial charge in [0.1, 0.15) is 5.75 Å². The zero-order valence-corrected chi connectivity index (χ0v) is 8.34. The van der Waals surface area contributed by atoms with Crippen LogP contribution in [-0.4, -0.2) is 18.3 Å². The summed E-state index contributed by atoms with van der Waals surface area (Å²) in [6.45, 7) is 1.65. The lowest BCUT2D eigenvalue weighted by molar-refractivity contribution is 0.0989. The van der Waals surface area contributed by atoms with Crippen LogP contribution in [0, 0.1) is 0 Å². The number of hydrogen-bond donors (Lipinski definition) is 0. The van der Waals surface area contributed by atoms with Gasteiger partial charge < -0.3 is 4.74 Å². The summed E-state index contributed by atoms with van der Waals surface area (Å²) >= 11 is 5.69. The number of hydrogen-bond acceptors (Lipinski definition) is 2. The van der Waals surface area contributed by atoms with Crippen molar-refractivity contribution in [2.75, 3.05) is 7.11 Å². The second kappa shape index (κ2) is 4.28. The van der Waals surface area contributed by atoms with E-state index in [0.29, 0.717) is 11.3 Å². The monoisotopic (exact) mass is 198 g/mol. The largest absolute Gasteiger partial charge is 0.496 e. The molecule has 0 saturated heterocycles. The maximum Gasteiger partial charge on any atom is 0.184 e. The van der Waals surface area contributed by atoms with E-state index in [1.54, 1.807) is 25.1 Å². The smallest absolute Gasteiger partial charge is 0.184 e. The number of Topliss-reactive ketones (excluding diaryl/α,β-unsaturated/α-hetero) is 1. The van der Waals surface area contributed by atoms with Gasteiger partial charge in [-0.2, -0.15) is 0 Å². The fourth-order valence-corrected chi connectivity index (χ4v) is 1.18. The maximum atomic E-state index is 11.5. The third kappa shape index (κ3) is 2.22. The molecule has 1 rings (SSSR count). The fraction of sp³-hybridized carbons (Fsp3) is 0.300. The van der Waals surface area contributed by atoms with Crippen LogP contribution in [0.25, 0.3) is 0 Å². The first-order valence-electron chi connectivity index (χ1n) is 3.98. The standard InChI is InChI=1S/C10H11ClO2/c1-7(11)10(12)8-5-3-4-6-9(8)13-2/h3-7H,1-2H3. The van der Waals surface area contributed by atoms with Gasteiger partial charge in [-0.3, -0.25) is 4.79 Å². The van der Waals surface area contributed by atoms with Crippen molar-refractivity contribution in [2.24, 2.45) is 0 Å². The summed E-state index contributed by atoms with van der Waals surface area (Å²) in [4.78, 5) is 11.5. The number of methoxy groups -OCH3 is 1. The molecule has 0 spiro atoms. The predicted octanol–water partition coefficient (Wildman–Crippen LogP) is 2.51. The number of halogens is 1. The molecule has 0 aliphatic carbocycles. The zero-order valence-electron chi connectivity index (χ0n) is 7.58. The molecule has 2 nitrogen and oxygen atoms in total. The highest BCUT2D eigenvalue weighted by molar-refractivity contribution is 6.33. The highest BCUT2D eigenvalue weighted by Gasteiger charge is 2.15. The van der Waals surface area contributed by atoms with E-state index in [9.17, 15) is 4.79 Å². The van der Waals surface area contributed by atoms with Crippen molar-refractivity contribution >= 4 is 17.4 Å². The Morgan fingerprint density at radius 1 is 1.46 bits per heavy atom. The van der Waals surface area contributed by atoms with Crippen LogP contribution >= 0.6 is 11.6 Å². The van der Waals surface area contributed by atoms with Crippen molar-refractivity contribution in [1.82, 2.24) is 0 Å². The van der Waals surface area contributed by atoms with Crippen LogP contribution in [0.4, 0.5) is 0 Å². The average molecular weight is 199 g/mol. The number of para-hydroxylation sites is 1. The van der Waals surface area contributed by atoms with E-state index in [1.807, 2.05) is 6.07 Å². The summed E-state index contributed by atoms with van der Waals surface area (Å²) in [5, 5.41) is -0.517. The molecule has 70 valence electrons. The van der Waals surface area contributed by atoms with Crippen molar-refractivity contribution in [3.05, 3.63) is 29.8 Å². The van der Waals surface area contributed by atoms with E-state index >= 15 is 0 Å². The lowest BCUT2D eigenvalue weighted by atomic mass is 10.1. The first kappa shape index (κ1) is 10.1. The minimum absolute atomic E-state index is 0.112. The zero-order chi connectivity index (χ0) is 9.84. The molecule has 0 N–H and O–H groups in total. The Balaban J connectivity index is 3.06. The first-order chi connectivity index (χ1) is 6.16. The summed E-state index contributed by atoms with van der Waals surface area (Å²) in [6.07, 6.45) is 0. The van der Waals surface area contributed by atoms with Crippen LogP contribution in [0.2, 0.25) is 0 Å². The Morgan fingerprint density at radius 3 is 2.62 bits per heavy atom. The van der Waals surface area contributed by atoms with Crippen LogP contribution in [-0.2, 0) is 0 Å². The first-order valence-corrected chi connectivity index (χ1v) is 4.41. The van der Waals surface area contributed by atoms with Gasteiger partial charge >= 0.3 is 0 Å². The molecule has 0 heterocycles. The number of rotatable bonds is 3. The molecule has 0 saturated carbocycles. The molecule has 0 amide bonds. The highest BCUT2D eigenvalue weighted by atomic mass is 35.5. The molecule has 0 aliphatic rings. The normalized spacial score (nSPS) is 12.2.